The Morgan fingerprint density at radius 2 is 1.92 bits per heavy atom. The van der Waals surface area contributed by atoms with Crippen LogP contribution in [0.3, 0.4) is 0 Å². The van der Waals surface area contributed by atoms with Crippen molar-refractivity contribution in [3.63, 3.8) is 0 Å². The van der Waals surface area contributed by atoms with Crippen LogP contribution in [0.2, 0.25) is 5.02 Å². The molecule has 0 spiro atoms. The van der Waals surface area contributed by atoms with Crippen LogP contribution >= 0.6 is 11.6 Å². The maximum atomic E-state index is 9.57. The third kappa shape index (κ3) is 3.24. The third-order valence-corrected chi connectivity index (χ3v) is 5.35. The van der Waals surface area contributed by atoms with Crippen LogP contribution in [0.15, 0.2) is 48.5 Å². The number of imidazole rings is 1. The van der Waals surface area contributed by atoms with Gasteiger partial charge in [-0.3, -0.25) is 0 Å². The molecule has 0 radical (unpaired) electrons. The van der Waals surface area contributed by atoms with Crippen LogP contribution in [0, 0.1) is 5.92 Å². The molecule has 4 nitrogen and oxygen atoms in total. The van der Waals surface area contributed by atoms with Crippen LogP contribution in [0.4, 0.5) is 5.95 Å². The van der Waals surface area contributed by atoms with Gasteiger partial charge in [0.15, 0.2) is 0 Å². The fourth-order valence-electron chi connectivity index (χ4n) is 3.65. The lowest BCUT2D eigenvalue weighted by atomic mass is 9.99. The van der Waals surface area contributed by atoms with Crippen molar-refractivity contribution in [1.29, 1.82) is 0 Å². The van der Waals surface area contributed by atoms with Gasteiger partial charge in [0.25, 0.3) is 0 Å². The number of fused-ring (bicyclic) bond motifs is 1. The summed E-state index contributed by atoms with van der Waals surface area (Å²) in [6.45, 7) is 2.75. The second-order valence-corrected chi connectivity index (χ2v) is 7.12. The summed E-state index contributed by atoms with van der Waals surface area (Å²) in [7, 11) is 0. The number of piperidine rings is 1. The first-order valence-corrected chi connectivity index (χ1v) is 9.18. The highest BCUT2D eigenvalue weighted by Crippen LogP contribution is 2.29. The number of nitrogens with zero attached hydrogens (tertiary/aromatic N) is 3. The summed E-state index contributed by atoms with van der Waals surface area (Å²) < 4.78 is 2.25. The van der Waals surface area contributed by atoms with E-state index in [1.54, 1.807) is 0 Å². The molecule has 1 atom stereocenters. The van der Waals surface area contributed by atoms with Gasteiger partial charge in [-0.05, 0) is 42.5 Å². The van der Waals surface area contributed by atoms with Gasteiger partial charge in [-0.2, -0.15) is 0 Å². The zero-order chi connectivity index (χ0) is 17.2. The van der Waals surface area contributed by atoms with Crippen molar-refractivity contribution in [1.82, 2.24) is 9.55 Å². The molecular formula is C20H22ClN3O. The van der Waals surface area contributed by atoms with Crippen LogP contribution in [0.25, 0.3) is 11.0 Å². The molecule has 0 aliphatic carbocycles. The zero-order valence-corrected chi connectivity index (χ0v) is 14.9. The van der Waals surface area contributed by atoms with E-state index in [1.807, 2.05) is 30.3 Å². The van der Waals surface area contributed by atoms with E-state index in [0.29, 0.717) is 12.5 Å². The lowest BCUT2D eigenvalue weighted by Crippen LogP contribution is -2.38. The van der Waals surface area contributed by atoms with E-state index in [1.165, 1.54) is 0 Å². The molecule has 4 rings (SSSR count). The van der Waals surface area contributed by atoms with E-state index in [-0.39, 0.29) is 6.61 Å². The van der Waals surface area contributed by atoms with E-state index >= 15 is 0 Å². The fourth-order valence-corrected chi connectivity index (χ4v) is 3.85. The van der Waals surface area contributed by atoms with Gasteiger partial charge in [0.05, 0.1) is 17.6 Å². The summed E-state index contributed by atoms with van der Waals surface area (Å²) in [5.41, 5.74) is 3.20. The van der Waals surface area contributed by atoms with Gasteiger partial charge >= 0.3 is 0 Å². The Morgan fingerprint density at radius 3 is 2.76 bits per heavy atom. The van der Waals surface area contributed by atoms with Gasteiger partial charge in [0, 0.05) is 24.7 Å². The quantitative estimate of drug-likeness (QED) is 0.770. The van der Waals surface area contributed by atoms with Crippen molar-refractivity contribution in [3.05, 3.63) is 59.1 Å². The lowest BCUT2D eigenvalue weighted by molar-refractivity contribution is 0.208. The predicted octanol–water partition coefficient (Wildman–Crippen LogP) is 3.95. The molecule has 5 heteroatoms. The zero-order valence-electron chi connectivity index (χ0n) is 14.1. The number of anilines is 1. The van der Waals surface area contributed by atoms with Crippen molar-refractivity contribution >= 4 is 28.6 Å². The van der Waals surface area contributed by atoms with Crippen molar-refractivity contribution in [3.8, 4) is 0 Å². The number of hydrogen-bond acceptors (Lipinski definition) is 3. The lowest BCUT2D eigenvalue weighted by Gasteiger charge is -2.33. The molecule has 1 saturated heterocycles. The SMILES string of the molecule is OCC1CCCN(c2nc3ccccc3n2Cc2ccccc2Cl)C1. The molecule has 1 aliphatic rings. The highest BCUT2D eigenvalue weighted by atomic mass is 35.5. The van der Waals surface area contributed by atoms with Crippen LogP contribution < -0.4 is 4.90 Å². The molecule has 0 bridgehead atoms. The number of benzene rings is 2. The summed E-state index contributed by atoms with van der Waals surface area (Å²) in [6, 6.07) is 16.2. The van der Waals surface area contributed by atoms with Crippen molar-refractivity contribution in [2.45, 2.75) is 19.4 Å². The minimum Gasteiger partial charge on any atom is -0.396 e. The number of aliphatic hydroxyl groups excluding tert-OH is 1. The normalized spacial score (nSPS) is 18.0. The number of aliphatic hydroxyl groups is 1. The Balaban J connectivity index is 1.77. The smallest absolute Gasteiger partial charge is 0.206 e. The topological polar surface area (TPSA) is 41.3 Å². The summed E-state index contributed by atoms with van der Waals surface area (Å²) >= 11 is 6.40. The van der Waals surface area contributed by atoms with Crippen LogP contribution in [-0.2, 0) is 6.54 Å². The third-order valence-electron chi connectivity index (χ3n) is 4.98. The van der Waals surface area contributed by atoms with Gasteiger partial charge in [-0.15, -0.1) is 0 Å². The Bertz CT molecular complexity index is 876. The average Bonchev–Trinajstić information content (AvgIpc) is 3.02. The Morgan fingerprint density at radius 1 is 1.12 bits per heavy atom. The fraction of sp³-hybridized carbons (Fsp3) is 0.350. The van der Waals surface area contributed by atoms with E-state index in [9.17, 15) is 5.11 Å². The number of rotatable bonds is 4. The van der Waals surface area contributed by atoms with E-state index in [2.05, 4.69) is 27.7 Å². The van der Waals surface area contributed by atoms with Gasteiger partial charge in [-0.25, -0.2) is 4.98 Å². The standard InChI is InChI=1S/C20H22ClN3O/c21-17-8-2-1-7-16(17)13-24-19-10-4-3-9-18(19)22-20(24)23-11-5-6-15(12-23)14-25/h1-4,7-10,15,25H,5-6,11-14H2. The molecule has 1 N–H and O–H groups in total. The Kier molecular flexibility index (Phi) is 4.64. The Labute approximate surface area is 152 Å². The predicted molar refractivity (Wildman–Crippen MR) is 102 cm³/mol. The van der Waals surface area contributed by atoms with E-state index < -0.39 is 0 Å². The minimum atomic E-state index is 0.237. The molecule has 25 heavy (non-hydrogen) atoms. The summed E-state index contributed by atoms with van der Waals surface area (Å²) in [5.74, 6) is 1.29. The van der Waals surface area contributed by atoms with E-state index in [0.717, 1.165) is 53.5 Å². The molecule has 0 amide bonds. The number of halogens is 1. The second-order valence-electron chi connectivity index (χ2n) is 6.71. The number of aromatic nitrogens is 2. The molecule has 1 aliphatic heterocycles. The van der Waals surface area contributed by atoms with Crippen molar-refractivity contribution in [2.24, 2.45) is 5.92 Å². The molecule has 1 unspecified atom stereocenters. The largest absolute Gasteiger partial charge is 0.396 e. The van der Waals surface area contributed by atoms with Gasteiger partial charge < -0.3 is 14.6 Å². The van der Waals surface area contributed by atoms with Crippen LogP contribution in [-0.4, -0.2) is 34.4 Å². The molecule has 3 aromatic rings. The molecule has 2 aromatic carbocycles. The van der Waals surface area contributed by atoms with Crippen LogP contribution in [0.1, 0.15) is 18.4 Å². The molecule has 1 fully saturated rings. The maximum Gasteiger partial charge on any atom is 0.206 e. The first-order chi connectivity index (χ1) is 12.3. The second kappa shape index (κ2) is 7.06. The highest BCUT2D eigenvalue weighted by Gasteiger charge is 2.24. The monoisotopic (exact) mass is 355 g/mol. The number of para-hydroxylation sites is 2. The summed E-state index contributed by atoms with van der Waals surface area (Å²) in [6.07, 6.45) is 2.16. The van der Waals surface area contributed by atoms with Gasteiger partial charge in [0.2, 0.25) is 5.95 Å². The Hall–Kier alpha value is -2.04. The summed E-state index contributed by atoms with van der Waals surface area (Å²) in [4.78, 5) is 7.20. The van der Waals surface area contributed by atoms with Crippen molar-refractivity contribution in [2.75, 3.05) is 24.6 Å². The van der Waals surface area contributed by atoms with Crippen molar-refractivity contribution < 1.29 is 5.11 Å². The van der Waals surface area contributed by atoms with Gasteiger partial charge in [0.1, 0.15) is 0 Å². The molecule has 130 valence electrons. The number of hydrogen-bond donors (Lipinski definition) is 1. The minimum absolute atomic E-state index is 0.237. The first kappa shape index (κ1) is 16.4. The average molecular weight is 356 g/mol. The van der Waals surface area contributed by atoms with E-state index in [4.69, 9.17) is 16.6 Å². The molecule has 1 aromatic heterocycles. The highest BCUT2D eigenvalue weighted by molar-refractivity contribution is 6.31. The first-order valence-electron chi connectivity index (χ1n) is 8.80. The van der Waals surface area contributed by atoms with Gasteiger partial charge in [-0.1, -0.05) is 41.9 Å². The maximum absolute atomic E-state index is 9.57. The molecular weight excluding hydrogens is 334 g/mol. The molecule has 0 saturated carbocycles. The molecule has 2 heterocycles. The summed E-state index contributed by atoms with van der Waals surface area (Å²) in [5, 5.41) is 10.3. The van der Waals surface area contributed by atoms with Crippen LogP contribution in [0.5, 0.6) is 0 Å².